The number of carbonyl (C=O) groups excluding carboxylic acids is 1. The number of hydrogen-bond donors (Lipinski definition) is 1. The van der Waals surface area contributed by atoms with E-state index < -0.39 is 10.8 Å². The van der Waals surface area contributed by atoms with E-state index in [1.165, 1.54) is 0 Å². The number of hydrogen-bond acceptors (Lipinski definition) is 2. The molecule has 3 rings (SSSR count). The molecule has 0 spiro atoms. The third kappa shape index (κ3) is 2.06. The molecule has 18 heavy (non-hydrogen) atoms. The van der Waals surface area contributed by atoms with Crippen molar-refractivity contribution in [2.75, 3.05) is 24.6 Å². The second-order valence-electron chi connectivity index (χ2n) is 4.42. The van der Waals surface area contributed by atoms with Crippen molar-refractivity contribution in [1.29, 1.82) is 0 Å². The van der Waals surface area contributed by atoms with Gasteiger partial charge in [-0.25, -0.2) is 0 Å². The first-order chi connectivity index (χ1) is 8.74. The molecule has 1 fully saturated rings. The molecule has 0 saturated carbocycles. The number of H-pyrrole nitrogens is 1. The van der Waals surface area contributed by atoms with Crippen molar-refractivity contribution in [2.45, 2.75) is 0 Å². The third-order valence-corrected chi connectivity index (χ3v) is 4.54. The average Bonchev–Trinajstić information content (AvgIpc) is 2.86. The number of fused-ring (bicyclic) bond motifs is 1. The van der Waals surface area contributed by atoms with Gasteiger partial charge in [0.05, 0.1) is 0 Å². The van der Waals surface area contributed by atoms with Crippen LogP contribution in [-0.2, 0) is 10.8 Å². The lowest BCUT2D eigenvalue weighted by atomic mass is 10.1. The Hall–Kier alpha value is -1.62. The number of rotatable bonds is 1. The Bertz CT molecular complexity index is 610. The number of benzene rings is 1. The molecule has 1 aliphatic rings. The van der Waals surface area contributed by atoms with E-state index >= 15 is 0 Å². The molecule has 1 amide bonds. The van der Waals surface area contributed by atoms with Crippen LogP contribution in [0.1, 0.15) is 10.4 Å². The van der Waals surface area contributed by atoms with E-state index in [0.717, 1.165) is 10.9 Å². The predicted octanol–water partition coefficient (Wildman–Crippen LogP) is 1.37. The molecule has 2 heterocycles. The zero-order valence-electron chi connectivity index (χ0n) is 9.89. The van der Waals surface area contributed by atoms with Crippen molar-refractivity contribution in [3.63, 3.8) is 0 Å². The Morgan fingerprint density at radius 3 is 2.78 bits per heavy atom. The smallest absolute Gasteiger partial charge is 0.253 e. The van der Waals surface area contributed by atoms with Gasteiger partial charge >= 0.3 is 0 Å². The molecule has 1 aromatic heterocycles. The van der Waals surface area contributed by atoms with E-state index in [1.807, 2.05) is 30.5 Å². The lowest BCUT2D eigenvalue weighted by Crippen LogP contribution is -2.41. The summed E-state index contributed by atoms with van der Waals surface area (Å²) in [6.45, 7) is 1.18. The Balaban J connectivity index is 1.84. The van der Waals surface area contributed by atoms with E-state index in [1.54, 1.807) is 4.90 Å². The molecule has 1 N–H and O–H groups in total. The Labute approximate surface area is 107 Å². The Morgan fingerprint density at radius 1 is 1.22 bits per heavy atom. The highest BCUT2D eigenvalue weighted by molar-refractivity contribution is 7.85. The van der Waals surface area contributed by atoms with Gasteiger partial charge in [0, 0.05) is 52.7 Å². The van der Waals surface area contributed by atoms with E-state index in [2.05, 4.69) is 4.98 Å². The molecule has 1 saturated heterocycles. The maximum atomic E-state index is 12.3. The van der Waals surface area contributed by atoms with Crippen LogP contribution in [-0.4, -0.2) is 44.6 Å². The second-order valence-corrected chi connectivity index (χ2v) is 6.12. The lowest BCUT2D eigenvalue weighted by Gasteiger charge is -2.26. The van der Waals surface area contributed by atoms with Gasteiger partial charge in [-0.15, -0.1) is 0 Å². The highest BCUT2D eigenvalue weighted by Crippen LogP contribution is 2.16. The molecule has 0 aliphatic carbocycles. The highest BCUT2D eigenvalue weighted by Gasteiger charge is 2.21. The van der Waals surface area contributed by atoms with Gasteiger partial charge in [0.2, 0.25) is 0 Å². The monoisotopic (exact) mass is 262 g/mol. The van der Waals surface area contributed by atoms with Crippen LogP contribution >= 0.6 is 0 Å². The number of nitrogens with one attached hydrogen (secondary N) is 1. The molecular formula is C13H14N2O2S. The van der Waals surface area contributed by atoms with Crippen LogP contribution < -0.4 is 0 Å². The number of carbonyl (C=O) groups is 1. The van der Waals surface area contributed by atoms with Gasteiger partial charge in [-0.1, -0.05) is 6.07 Å². The largest absolute Gasteiger partial charge is 0.361 e. The zero-order valence-corrected chi connectivity index (χ0v) is 10.7. The number of aromatic amines is 1. The van der Waals surface area contributed by atoms with Crippen LogP contribution in [0.15, 0.2) is 30.5 Å². The predicted molar refractivity (Wildman–Crippen MR) is 72.1 cm³/mol. The summed E-state index contributed by atoms with van der Waals surface area (Å²) < 4.78 is 11.3. The zero-order chi connectivity index (χ0) is 12.5. The first-order valence-corrected chi connectivity index (χ1v) is 7.44. The molecule has 94 valence electrons. The molecule has 2 aromatic rings. The normalized spacial score (nSPS) is 17.2. The average molecular weight is 262 g/mol. The van der Waals surface area contributed by atoms with E-state index in [9.17, 15) is 9.00 Å². The summed E-state index contributed by atoms with van der Waals surface area (Å²) in [4.78, 5) is 17.2. The van der Waals surface area contributed by atoms with Crippen LogP contribution in [0.5, 0.6) is 0 Å². The number of aromatic nitrogens is 1. The molecular weight excluding hydrogens is 248 g/mol. The third-order valence-electron chi connectivity index (χ3n) is 3.27. The number of nitrogens with zero attached hydrogens (tertiary/aromatic N) is 1. The molecule has 1 aliphatic heterocycles. The van der Waals surface area contributed by atoms with Crippen molar-refractivity contribution in [2.24, 2.45) is 0 Å². The van der Waals surface area contributed by atoms with Crippen molar-refractivity contribution in [3.05, 3.63) is 36.0 Å². The summed E-state index contributed by atoms with van der Waals surface area (Å²) in [5, 5.41) is 1.10. The van der Waals surface area contributed by atoms with Gasteiger partial charge in [-0.05, 0) is 23.6 Å². The minimum atomic E-state index is -0.750. The van der Waals surface area contributed by atoms with Gasteiger partial charge < -0.3 is 9.88 Å². The first-order valence-electron chi connectivity index (χ1n) is 5.95. The summed E-state index contributed by atoms with van der Waals surface area (Å²) >= 11 is 0. The van der Waals surface area contributed by atoms with Gasteiger partial charge in [-0.2, -0.15) is 0 Å². The van der Waals surface area contributed by atoms with Gasteiger partial charge in [-0.3, -0.25) is 9.00 Å². The van der Waals surface area contributed by atoms with Crippen LogP contribution in [0.2, 0.25) is 0 Å². The Kier molecular flexibility index (Phi) is 2.91. The van der Waals surface area contributed by atoms with Crippen molar-refractivity contribution in [3.8, 4) is 0 Å². The van der Waals surface area contributed by atoms with Crippen LogP contribution in [0.3, 0.4) is 0 Å². The van der Waals surface area contributed by atoms with E-state index in [4.69, 9.17) is 0 Å². The van der Waals surface area contributed by atoms with Gasteiger partial charge in [0.25, 0.3) is 5.91 Å². The summed E-state index contributed by atoms with van der Waals surface area (Å²) in [6, 6.07) is 7.65. The fourth-order valence-corrected chi connectivity index (χ4v) is 3.26. The first kappa shape index (κ1) is 11.5. The topological polar surface area (TPSA) is 53.2 Å². The lowest BCUT2D eigenvalue weighted by molar-refractivity contribution is 0.0771. The fraction of sp³-hybridized carbons (Fsp3) is 0.308. The molecule has 0 atom stereocenters. The minimum Gasteiger partial charge on any atom is -0.361 e. The Morgan fingerprint density at radius 2 is 2.00 bits per heavy atom. The molecule has 4 nitrogen and oxygen atoms in total. The van der Waals surface area contributed by atoms with Crippen LogP contribution in [0, 0.1) is 0 Å². The van der Waals surface area contributed by atoms with E-state index in [0.29, 0.717) is 30.2 Å². The second kappa shape index (κ2) is 4.57. The SMILES string of the molecule is O=C(c1ccc2cc[nH]c2c1)N1CCS(=O)CC1. The van der Waals surface area contributed by atoms with Crippen molar-refractivity contribution in [1.82, 2.24) is 9.88 Å². The minimum absolute atomic E-state index is 0.0307. The van der Waals surface area contributed by atoms with E-state index in [-0.39, 0.29) is 5.91 Å². The summed E-state index contributed by atoms with van der Waals surface area (Å²) in [5.74, 6) is 1.22. The molecule has 0 radical (unpaired) electrons. The van der Waals surface area contributed by atoms with Gasteiger partial charge in [0.1, 0.15) is 0 Å². The summed E-state index contributed by atoms with van der Waals surface area (Å²) in [5.41, 5.74) is 1.67. The van der Waals surface area contributed by atoms with Crippen molar-refractivity contribution >= 4 is 27.6 Å². The summed E-state index contributed by atoms with van der Waals surface area (Å²) in [7, 11) is -0.750. The number of amides is 1. The quantitative estimate of drug-likeness (QED) is 0.844. The standard InChI is InChI=1S/C13H14N2O2S/c16-13(15-5-7-18(17)8-6-15)11-2-1-10-3-4-14-12(10)9-11/h1-4,9,14H,5-8H2. The highest BCUT2D eigenvalue weighted by atomic mass is 32.2. The fourth-order valence-electron chi connectivity index (χ4n) is 2.20. The van der Waals surface area contributed by atoms with Crippen molar-refractivity contribution < 1.29 is 9.00 Å². The van der Waals surface area contributed by atoms with Crippen LogP contribution in [0.4, 0.5) is 0 Å². The van der Waals surface area contributed by atoms with Gasteiger partial charge in [0.15, 0.2) is 0 Å². The molecule has 0 unspecified atom stereocenters. The molecule has 0 bridgehead atoms. The van der Waals surface area contributed by atoms with Crippen LogP contribution in [0.25, 0.3) is 10.9 Å². The maximum Gasteiger partial charge on any atom is 0.253 e. The summed E-state index contributed by atoms with van der Waals surface area (Å²) in [6.07, 6.45) is 1.86. The molecule has 1 aromatic carbocycles. The maximum absolute atomic E-state index is 12.3. The molecule has 5 heteroatoms.